The Hall–Kier alpha value is -1.58. The fourth-order valence-electron chi connectivity index (χ4n) is 2.42. The summed E-state index contributed by atoms with van der Waals surface area (Å²) in [7, 11) is 0. The molecule has 0 aliphatic heterocycles. The summed E-state index contributed by atoms with van der Waals surface area (Å²) in [5.41, 5.74) is 0.795. The van der Waals surface area contributed by atoms with E-state index in [1.165, 1.54) is 25.7 Å². The molecule has 1 heterocycles. The van der Waals surface area contributed by atoms with Gasteiger partial charge >= 0.3 is 0 Å². The molecule has 4 nitrogen and oxygen atoms in total. The number of anilines is 2. The van der Waals surface area contributed by atoms with Crippen molar-refractivity contribution in [3.05, 3.63) is 18.3 Å². The Balaban J connectivity index is 1.56. The van der Waals surface area contributed by atoms with Crippen molar-refractivity contribution in [3.8, 4) is 0 Å². The summed E-state index contributed by atoms with van der Waals surface area (Å²) in [5, 5.41) is 6.33. The monoisotopic (exact) mass is 245 g/mol. The van der Waals surface area contributed by atoms with Crippen LogP contribution in [0, 0.1) is 5.92 Å². The molecule has 0 saturated heterocycles. The van der Waals surface area contributed by atoms with E-state index in [-0.39, 0.29) is 11.8 Å². The normalized spacial score (nSPS) is 19.8. The van der Waals surface area contributed by atoms with Gasteiger partial charge in [0.1, 0.15) is 5.82 Å². The summed E-state index contributed by atoms with van der Waals surface area (Å²) in [6.45, 7) is 0. The van der Waals surface area contributed by atoms with Crippen LogP contribution in [0.2, 0.25) is 0 Å². The van der Waals surface area contributed by atoms with Crippen LogP contribution in [0.25, 0.3) is 0 Å². The lowest BCUT2D eigenvalue weighted by Crippen LogP contribution is -2.16. The molecule has 0 aromatic carbocycles. The van der Waals surface area contributed by atoms with Gasteiger partial charge in [-0.05, 0) is 37.8 Å². The predicted molar refractivity (Wildman–Crippen MR) is 71.5 cm³/mol. The fourth-order valence-corrected chi connectivity index (χ4v) is 2.42. The number of nitrogens with one attached hydrogen (secondary N) is 2. The maximum Gasteiger partial charge on any atom is 0.227 e. The number of nitrogens with zero attached hydrogens (tertiary/aromatic N) is 1. The zero-order valence-corrected chi connectivity index (χ0v) is 10.5. The summed E-state index contributed by atoms with van der Waals surface area (Å²) in [6.07, 6.45) is 8.89. The molecule has 0 bridgehead atoms. The van der Waals surface area contributed by atoms with Crippen LogP contribution < -0.4 is 10.6 Å². The molecule has 2 fully saturated rings. The Morgan fingerprint density at radius 2 is 1.94 bits per heavy atom. The minimum atomic E-state index is 0.133. The molecule has 0 unspecified atom stereocenters. The average Bonchev–Trinajstić information content (AvgIpc) is 3.11. The van der Waals surface area contributed by atoms with E-state index < -0.39 is 0 Å². The van der Waals surface area contributed by atoms with Gasteiger partial charge in [-0.1, -0.05) is 12.8 Å². The van der Waals surface area contributed by atoms with Crippen LogP contribution >= 0.6 is 0 Å². The van der Waals surface area contributed by atoms with E-state index in [1.54, 1.807) is 6.20 Å². The van der Waals surface area contributed by atoms with Crippen LogP contribution in [0.15, 0.2) is 18.3 Å². The molecule has 0 atom stereocenters. The zero-order valence-electron chi connectivity index (χ0n) is 10.5. The largest absolute Gasteiger partial charge is 0.367 e. The standard InChI is InChI=1S/C14H19N3O/c18-14(10-5-6-10)17-12-7-8-13(15-9-12)16-11-3-1-2-4-11/h7-11H,1-6H2,(H,15,16)(H,17,18). The highest BCUT2D eigenvalue weighted by atomic mass is 16.2. The fraction of sp³-hybridized carbons (Fsp3) is 0.571. The average molecular weight is 245 g/mol. The second-order valence-electron chi connectivity index (χ2n) is 5.32. The predicted octanol–water partition coefficient (Wildman–Crippen LogP) is 2.78. The second kappa shape index (κ2) is 4.96. The van der Waals surface area contributed by atoms with Crippen molar-refractivity contribution in [1.82, 2.24) is 4.98 Å². The number of hydrogen-bond acceptors (Lipinski definition) is 3. The van der Waals surface area contributed by atoms with Crippen molar-refractivity contribution in [3.63, 3.8) is 0 Å². The molecule has 2 aliphatic rings. The zero-order chi connectivity index (χ0) is 12.4. The van der Waals surface area contributed by atoms with Crippen molar-refractivity contribution in [2.75, 3.05) is 10.6 Å². The molecule has 1 amide bonds. The Morgan fingerprint density at radius 1 is 1.17 bits per heavy atom. The number of pyridine rings is 1. The highest BCUT2D eigenvalue weighted by molar-refractivity contribution is 5.93. The van der Waals surface area contributed by atoms with Crippen LogP contribution in [0.4, 0.5) is 11.5 Å². The summed E-state index contributed by atoms with van der Waals surface area (Å²) in [4.78, 5) is 15.9. The molecule has 96 valence electrons. The van der Waals surface area contributed by atoms with Gasteiger partial charge in [-0.2, -0.15) is 0 Å². The number of hydrogen-bond donors (Lipinski definition) is 2. The van der Waals surface area contributed by atoms with E-state index in [9.17, 15) is 4.79 Å². The van der Waals surface area contributed by atoms with Crippen LogP contribution in [0.3, 0.4) is 0 Å². The van der Waals surface area contributed by atoms with Gasteiger partial charge < -0.3 is 10.6 Å². The molecule has 1 aromatic heterocycles. The summed E-state index contributed by atoms with van der Waals surface area (Å²) in [5.74, 6) is 1.28. The van der Waals surface area contributed by atoms with Crippen LogP contribution in [-0.4, -0.2) is 16.9 Å². The van der Waals surface area contributed by atoms with E-state index in [4.69, 9.17) is 0 Å². The third-order valence-electron chi connectivity index (χ3n) is 3.69. The number of aromatic nitrogens is 1. The minimum Gasteiger partial charge on any atom is -0.367 e. The Labute approximate surface area is 107 Å². The Morgan fingerprint density at radius 3 is 2.56 bits per heavy atom. The summed E-state index contributed by atoms with van der Waals surface area (Å²) >= 11 is 0. The van der Waals surface area contributed by atoms with E-state index in [0.717, 1.165) is 24.3 Å². The molecule has 18 heavy (non-hydrogen) atoms. The lowest BCUT2D eigenvalue weighted by atomic mass is 10.2. The van der Waals surface area contributed by atoms with Gasteiger partial charge in [-0.3, -0.25) is 4.79 Å². The van der Waals surface area contributed by atoms with Gasteiger partial charge in [0.05, 0.1) is 11.9 Å². The number of carbonyl (C=O) groups excluding carboxylic acids is 1. The smallest absolute Gasteiger partial charge is 0.227 e. The van der Waals surface area contributed by atoms with E-state index in [1.807, 2.05) is 12.1 Å². The lowest BCUT2D eigenvalue weighted by molar-refractivity contribution is -0.117. The van der Waals surface area contributed by atoms with Gasteiger partial charge in [0.2, 0.25) is 5.91 Å². The molecule has 3 rings (SSSR count). The van der Waals surface area contributed by atoms with Gasteiger partial charge in [0.15, 0.2) is 0 Å². The maximum absolute atomic E-state index is 11.6. The van der Waals surface area contributed by atoms with Gasteiger partial charge in [0, 0.05) is 12.0 Å². The van der Waals surface area contributed by atoms with Crippen molar-refractivity contribution in [2.24, 2.45) is 5.92 Å². The van der Waals surface area contributed by atoms with Crippen LogP contribution in [0.5, 0.6) is 0 Å². The maximum atomic E-state index is 11.6. The third kappa shape index (κ3) is 2.81. The molecule has 0 radical (unpaired) electrons. The number of carbonyl (C=O) groups is 1. The first-order valence-corrected chi connectivity index (χ1v) is 6.85. The topological polar surface area (TPSA) is 54.0 Å². The second-order valence-corrected chi connectivity index (χ2v) is 5.32. The molecule has 2 N–H and O–H groups in total. The van der Waals surface area contributed by atoms with Crippen molar-refractivity contribution >= 4 is 17.4 Å². The number of amides is 1. The summed E-state index contributed by atoms with van der Waals surface area (Å²) in [6, 6.07) is 4.44. The first kappa shape index (κ1) is 11.5. The van der Waals surface area contributed by atoms with E-state index in [2.05, 4.69) is 15.6 Å². The Bertz CT molecular complexity index is 419. The SMILES string of the molecule is O=C(Nc1ccc(NC2CCCC2)nc1)C1CC1. The van der Waals surface area contributed by atoms with E-state index in [0.29, 0.717) is 6.04 Å². The van der Waals surface area contributed by atoms with Gasteiger partial charge in [-0.25, -0.2) is 4.98 Å². The first-order valence-electron chi connectivity index (χ1n) is 6.85. The highest BCUT2D eigenvalue weighted by Crippen LogP contribution is 2.30. The molecule has 1 aromatic rings. The highest BCUT2D eigenvalue weighted by Gasteiger charge is 2.29. The quantitative estimate of drug-likeness (QED) is 0.857. The van der Waals surface area contributed by atoms with Crippen molar-refractivity contribution in [2.45, 2.75) is 44.6 Å². The molecular formula is C14H19N3O. The molecule has 2 aliphatic carbocycles. The first-order chi connectivity index (χ1) is 8.81. The minimum absolute atomic E-state index is 0.133. The molecular weight excluding hydrogens is 226 g/mol. The van der Waals surface area contributed by atoms with Gasteiger partial charge in [-0.15, -0.1) is 0 Å². The number of rotatable bonds is 4. The van der Waals surface area contributed by atoms with Crippen molar-refractivity contribution < 1.29 is 4.79 Å². The van der Waals surface area contributed by atoms with Crippen LogP contribution in [-0.2, 0) is 4.79 Å². The molecule has 4 heteroatoms. The molecule has 2 saturated carbocycles. The summed E-state index contributed by atoms with van der Waals surface area (Å²) < 4.78 is 0. The third-order valence-corrected chi connectivity index (χ3v) is 3.69. The lowest BCUT2D eigenvalue weighted by Gasteiger charge is -2.12. The van der Waals surface area contributed by atoms with Crippen LogP contribution in [0.1, 0.15) is 38.5 Å². The molecule has 0 spiro atoms. The van der Waals surface area contributed by atoms with E-state index >= 15 is 0 Å². The van der Waals surface area contributed by atoms with Gasteiger partial charge in [0.25, 0.3) is 0 Å². The van der Waals surface area contributed by atoms with Crippen molar-refractivity contribution in [1.29, 1.82) is 0 Å². The Kier molecular flexibility index (Phi) is 3.17.